The molecule has 2 aliphatic rings. The van der Waals surface area contributed by atoms with Crippen LogP contribution in [-0.4, -0.2) is 12.6 Å². The molecule has 1 saturated carbocycles. The number of rotatable bonds is 1. The number of hydrazone groups is 1. The Morgan fingerprint density at radius 3 is 3.00 bits per heavy atom. The van der Waals surface area contributed by atoms with Gasteiger partial charge >= 0.3 is 0 Å². The van der Waals surface area contributed by atoms with Crippen LogP contribution in [0, 0.1) is 5.92 Å². The van der Waals surface area contributed by atoms with Crippen LogP contribution in [0.25, 0.3) is 0 Å². The van der Waals surface area contributed by atoms with E-state index in [2.05, 4.69) is 10.5 Å². The summed E-state index contributed by atoms with van der Waals surface area (Å²) in [6.07, 6.45) is 4.26. The molecule has 3 nitrogen and oxygen atoms in total. The van der Waals surface area contributed by atoms with Crippen molar-refractivity contribution in [1.82, 2.24) is 5.43 Å². The lowest BCUT2D eigenvalue weighted by molar-refractivity contribution is 0.170. The Hall–Kier alpha value is -0.730. The van der Waals surface area contributed by atoms with Crippen molar-refractivity contribution in [2.24, 2.45) is 11.0 Å². The summed E-state index contributed by atoms with van der Waals surface area (Å²) in [7, 11) is 0. The van der Waals surface area contributed by atoms with E-state index in [1.165, 1.54) is 19.2 Å². The Bertz CT molecular complexity index is 112. The van der Waals surface area contributed by atoms with Crippen molar-refractivity contribution in [2.45, 2.75) is 19.1 Å². The molecule has 0 spiro atoms. The molecule has 2 rings (SSSR count). The molecule has 1 aliphatic carbocycles. The quantitative estimate of drug-likeness (QED) is 0.528. The van der Waals surface area contributed by atoms with Crippen molar-refractivity contribution < 1.29 is 4.74 Å². The molecule has 1 aliphatic heterocycles. The predicted octanol–water partition coefficient (Wildman–Crippen LogP) is 0.286. The van der Waals surface area contributed by atoms with E-state index in [1.54, 1.807) is 0 Å². The van der Waals surface area contributed by atoms with Gasteiger partial charge in [-0.1, -0.05) is 0 Å². The number of nitrogens with zero attached hydrogens (tertiary/aromatic N) is 1. The van der Waals surface area contributed by atoms with Gasteiger partial charge in [0, 0.05) is 5.92 Å². The van der Waals surface area contributed by atoms with Crippen LogP contribution >= 0.6 is 0 Å². The molecule has 1 unspecified atom stereocenters. The molecule has 44 valence electrons. The zero-order valence-electron chi connectivity index (χ0n) is 4.50. The summed E-state index contributed by atoms with van der Waals surface area (Å²) in [5.74, 6) is 0.734. The van der Waals surface area contributed by atoms with E-state index < -0.39 is 0 Å². The number of nitrogens with one attached hydrogen (secondary N) is 1. The summed E-state index contributed by atoms with van der Waals surface area (Å²) in [6.45, 7) is 0. The van der Waals surface area contributed by atoms with Gasteiger partial charge in [0.2, 0.25) is 0 Å². The highest BCUT2D eigenvalue weighted by molar-refractivity contribution is 5.47. The lowest BCUT2D eigenvalue weighted by atomic mass is 10.4. The number of hydrogen-bond donors (Lipinski definition) is 1. The fraction of sp³-hybridized carbons (Fsp3) is 0.800. The maximum absolute atomic E-state index is 5.07. The monoisotopic (exact) mass is 112 g/mol. The van der Waals surface area contributed by atoms with Gasteiger partial charge in [0.05, 0.1) is 0 Å². The van der Waals surface area contributed by atoms with E-state index in [-0.39, 0.29) is 6.23 Å². The molecule has 0 saturated heterocycles. The first-order valence-electron chi connectivity index (χ1n) is 2.89. The molecule has 0 radical (unpaired) electrons. The first-order chi connectivity index (χ1) is 3.97. The van der Waals surface area contributed by atoms with Crippen LogP contribution in [0.2, 0.25) is 0 Å². The molecule has 0 aromatic heterocycles. The fourth-order valence-corrected chi connectivity index (χ4v) is 0.846. The Kier molecular flexibility index (Phi) is 0.716. The van der Waals surface area contributed by atoms with Crippen molar-refractivity contribution >= 4 is 6.40 Å². The summed E-state index contributed by atoms with van der Waals surface area (Å²) >= 11 is 0. The highest BCUT2D eigenvalue weighted by Crippen LogP contribution is 2.33. The smallest absolute Gasteiger partial charge is 0.195 e. The van der Waals surface area contributed by atoms with Crippen molar-refractivity contribution in [3.05, 3.63) is 0 Å². The van der Waals surface area contributed by atoms with Crippen LogP contribution in [0.3, 0.4) is 0 Å². The van der Waals surface area contributed by atoms with Gasteiger partial charge in [-0.25, -0.2) is 0 Å². The van der Waals surface area contributed by atoms with Gasteiger partial charge in [-0.2, -0.15) is 0 Å². The van der Waals surface area contributed by atoms with E-state index in [9.17, 15) is 0 Å². The summed E-state index contributed by atoms with van der Waals surface area (Å²) in [5.41, 5.74) is 2.87. The van der Waals surface area contributed by atoms with Crippen LogP contribution in [0.4, 0.5) is 0 Å². The summed E-state index contributed by atoms with van der Waals surface area (Å²) < 4.78 is 5.07. The third-order valence-electron chi connectivity index (χ3n) is 1.51. The van der Waals surface area contributed by atoms with Gasteiger partial charge in [-0.15, -0.1) is 5.10 Å². The van der Waals surface area contributed by atoms with Gasteiger partial charge in [0.1, 0.15) is 0 Å². The van der Waals surface area contributed by atoms with Crippen molar-refractivity contribution in [1.29, 1.82) is 0 Å². The molecule has 1 atom stereocenters. The molecule has 0 aromatic rings. The number of ether oxygens (including phenoxy) is 1. The van der Waals surface area contributed by atoms with Gasteiger partial charge in [-0.05, 0) is 12.8 Å². The SMILES string of the molecule is C1=NNC(C2CC2)O1. The Morgan fingerprint density at radius 1 is 1.62 bits per heavy atom. The highest BCUT2D eigenvalue weighted by Gasteiger charge is 2.33. The third kappa shape index (κ3) is 0.546. The molecule has 3 heteroatoms. The minimum absolute atomic E-state index is 0.204. The zero-order valence-corrected chi connectivity index (χ0v) is 4.50. The fourth-order valence-electron chi connectivity index (χ4n) is 0.846. The van der Waals surface area contributed by atoms with Crippen LogP contribution in [0.1, 0.15) is 12.8 Å². The van der Waals surface area contributed by atoms with E-state index >= 15 is 0 Å². The van der Waals surface area contributed by atoms with Gasteiger partial charge in [-0.3, -0.25) is 5.43 Å². The summed E-state index contributed by atoms with van der Waals surface area (Å²) in [5, 5.41) is 3.73. The molecule has 1 heterocycles. The second-order valence-corrected chi connectivity index (χ2v) is 2.26. The van der Waals surface area contributed by atoms with Crippen LogP contribution in [0.15, 0.2) is 5.10 Å². The summed E-state index contributed by atoms with van der Waals surface area (Å²) in [6, 6.07) is 0. The largest absolute Gasteiger partial charge is 0.457 e. The molecule has 8 heavy (non-hydrogen) atoms. The standard InChI is InChI=1S/C5H8N2O/c1-2-4(1)5-7-6-3-8-5/h3-5,7H,1-2H2. The Balaban J connectivity index is 1.90. The minimum Gasteiger partial charge on any atom is -0.457 e. The van der Waals surface area contributed by atoms with Gasteiger partial charge in [0.15, 0.2) is 12.6 Å². The highest BCUT2D eigenvalue weighted by atomic mass is 16.5. The van der Waals surface area contributed by atoms with Crippen molar-refractivity contribution in [3.8, 4) is 0 Å². The van der Waals surface area contributed by atoms with Crippen LogP contribution in [-0.2, 0) is 4.74 Å². The van der Waals surface area contributed by atoms with E-state index in [0.29, 0.717) is 0 Å². The molecule has 0 aromatic carbocycles. The molecular formula is C5H8N2O. The predicted molar refractivity (Wildman–Crippen MR) is 29.2 cm³/mol. The van der Waals surface area contributed by atoms with Gasteiger partial charge in [0.25, 0.3) is 0 Å². The van der Waals surface area contributed by atoms with E-state index in [0.717, 1.165) is 5.92 Å². The molecular weight excluding hydrogens is 104 g/mol. The maximum Gasteiger partial charge on any atom is 0.195 e. The summed E-state index contributed by atoms with van der Waals surface area (Å²) in [4.78, 5) is 0. The lowest BCUT2D eigenvalue weighted by Crippen LogP contribution is -2.22. The minimum atomic E-state index is 0.204. The first-order valence-corrected chi connectivity index (χ1v) is 2.89. The average Bonchev–Trinajstić information content (AvgIpc) is 2.49. The second kappa shape index (κ2) is 1.37. The topological polar surface area (TPSA) is 33.6 Å². The molecule has 0 bridgehead atoms. The maximum atomic E-state index is 5.07. The second-order valence-electron chi connectivity index (χ2n) is 2.26. The van der Waals surface area contributed by atoms with E-state index in [4.69, 9.17) is 4.74 Å². The third-order valence-corrected chi connectivity index (χ3v) is 1.51. The zero-order chi connectivity index (χ0) is 5.40. The average molecular weight is 112 g/mol. The van der Waals surface area contributed by atoms with Crippen molar-refractivity contribution in [2.75, 3.05) is 0 Å². The van der Waals surface area contributed by atoms with Gasteiger partial charge < -0.3 is 4.74 Å². The first kappa shape index (κ1) is 4.18. The van der Waals surface area contributed by atoms with E-state index in [1.807, 2.05) is 0 Å². The molecule has 0 amide bonds. The Labute approximate surface area is 47.7 Å². The Morgan fingerprint density at radius 2 is 2.50 bits per heavy atom. The van der Waals surface area contributed by atoms with Crippen LogP contribution < -0.4 is 5.43 Å². The van der Waals surface area contributed by atoms with Crippen molar-refractivity contribution in [3.63, 3.8) is 0 Å². The lowest BCUT2D eigenvalue weighted by Gasteiger charge is -2.04. The normalized spacial score (nSPS) is 34.2. The molecule has 1 fully saturated rings. The van der Waals surface area contributed by atoms with Crippen LogP contribution in [0.5, 0.6) is 0 Å². The number of hydrogen-bond acceptors (Lipinski definition) is 3. The molecule has 1 N–H and O–H groups in total.